The van der Waals surface area contributed by atoms with Crippen molar-refractivity contribution < 1.29 is 32.6 Å². The van der Waals surface area contributed by atoms with Gasteiger partial charge in [-0.1, -0.05) is 6.42 Å². The van der Waals surface area contributed by atoms with Gasteiger partial charge in [-0.15, -0.1) is 0 Å². The predicted molar refractivity (Wildman–Crippen MR) is 66.8 cm³/mol. The van der Waals surface area contributed by atoms with E-state index in [4.69, 9.17) is 5.11 Å². The zero-order valence-electron chi connectivity index (χ0n) is 11.5. The normalized spacial score (nSPS) is 16.9. The molecule has 0 spiro atoms. The van der Waals surface area contributed by atoms with E-state index in [1.807, 2.05) is 0 Å². The Morgan fingerprint density at radius 3 is 2.38 bits per heavy atom. The van der Waals surface area contributed by atoms with Crippen molar-refractivity contribution in [2.24, 2.45) is 5.41 Å². The van der Waals surface area contributed by atoms with Gasteiger partial charge in [-0.2, -0.15) is 13.2 Å². The maximum absolute atomic E-state index is 11.8. The summed E-state index contributed by atoms with van der Waals surface area (Å²) in [5, 5.41) is 13.7. The molecule has 0 radical (unpaired) electrons. The highest BCUT2D eigenvalue weighted by molar-refractivity contribution is 5.74. The van der Waals surface area contributed by atoms with Crippen molar-refractivity contribution in [2.45, 2.75) is 31.9 Å². The number of ether oxygens (including phenoxy) is 1. The number of urea groups is 1. The second-order valence-electron chi connectivity index (χ2n) is 5.20. The van der Waals surface area contributed by atoms with Gasteiger partial charge in [0.15, 0.2) is 0 Å². The molecule has 0 atom stereocenters. The molecule has 3 N–H and O–H groups in total. The van der Waals surface area contributed by atoms with Crippen LogP contribution in [0.1, 0.15) is 25.7 Å². The molecule has 0 aromatic carbocycles. The van der Waals surface area contributed by atoms with E-state index in [0.29, 0.717) is 0 Å². The lowest BCUT2D eigenvalue weighted by atomic mass is 9.66. The van der Waals surface area contributed by atoms with Gasteiger partial charge in [0.1, 0.15) is 6.61 Å². The zero-order valence-corrected chi connectivity index (χ0v) is 11.5. The first-order valence-corrected chi connectivity index (χ1v) is 6.60. The fourth-order valence-electron chi connectivity index (χ4n) is 2.17. The molecule has 1 saturated carbocycles. The van der Waals surface area contributed by atoms with Crippen LogP contribution < -0.4 is 10.6 Å². The van der Waals surface area contributed by atoms with Gasteiger partial charge < -0.3 is 20.5 Å². The topological polar surface area (TPSA) is 87.7 Å². The molecule has 0 heterocycles. The van der Waals surface area contributed by atoms with E-state index in [1.165, 1.54) is 0 Å². The van der Waals surface area contributed by atoms with Crippen molar-refractivity contribution in [1.82, 2.24) is 10.6 Å². The van der Waals surface area contributed by atoms with E-state index in [0.717, 1.165) is 19.3 Å². The summed E-state index contributed by atoms with van der Waals surface area (Å²) in [7, 11) is 0. The molecule has 0 unspecified atom stereocenters. The number of nitrogens with one attached hydrogen (secondary N) is 2. The standard InChI is InChI=1S/C12H19F3N2O4/c13-12(14,15)8-21-5-4-16-10(20)17-7-11(2-1-3-11)6-9(18)19/h1-8H2,(H,18,19)(H2,16,17,20). The zero-order chi connectivity index (χ0) is 15.9. The Balaban J connectivity index is 2.12. The number of rotatable bonds is 8. The average molecular weight is 312 g/mol. The number of carboxylic acids is 1. The fraction of sp³-hybridized carbons (Fsp3) is 0.833. The Labute approximate surface area is 120 Å². The maximum atomic E-state index is 11.8. The largest absolute Gasteiger partial charge is 0.481 e. The van der Waals surface area contributed by atoms with Gasteiger partial charge in [-0.3, -0.25) is 4.79 Å². The third kappa shape index (κ3) is 7.16. The van der Waals surface area contributed by atoms with Gasteiger partial charge >= 0.3 is 18.2 Å². The molecule has 0 saturated heterocycles. The summed E-state index contributed by atoms with van der Waals surface area (Å²) in [4.78, 5) is 22.2. The van der Waals surface area contributed by atoms with E-state index in [-0.39, 0.29) is 26.1 Å². The molecule has 0 aliphatic heterocycles. The van der Waals surface area contributed by atoms with E-state index >= 15 is 0 Å². The number of carbonyl (C=O) groups excluding carboxylic acids is 1. The third-order valence-corrected chi connectivity index (χ3v) is 3.36. The summed E-state index contributed by atoms with van der Waals surface area (Å²) in [5.74, 6) is -0.905. The number of carbonyl (C=O) groups is 2. The lowest BCUT2D eigenvalue weighted by molar-refractivity contribution is -0.173. The van der Waals surface area contributed by atoms with Crippen LogP contribution in [0, 0.1) is 5.41 Å². The Kier molecular flexibility index (Phi) is 6.25. The van der Waals surface area contributed by atoms with Crippen molar-refractivity contribution in [3.8, 4) is 0 Å². The highest BCUT2D eigenvalue weighted by atomic mass is 19.4. The van der Waals surface area contributed by atoms with Crippen LogP contribution in [0.4, 0.5) is 18.0 Å². The molecule has 0 aromatic heterocycles. The van der Waals surface area contributed by atoms with E-state index in [9.17, 15) is 22.8 Å². The lowest BCUT2D eigenvalue weighted by Crippen LogP contribution is -2.47. The number of hydrogen-bond acceptors (Lipinski definition) is 3. The van der Waals surface area contributed by atoms with Crippen molar-refractivity contribution in [3.05, 3.63) is 0 Å². The minimum Gasteiger partial charge on any atom is -0.481 e. The van der Waals surface area contributed by atoms with Crippen LogP contribution in [-0.4, -0.2) is 49.6 Å². The van der Waals surface area contributed by atoms with Crippen molar-refractivity contribution in [3.63, 3.8) is 0 Å². The molecule has 122 valence electrons. The predicted octanol–water partition coefficient (Wildman–Crippen LogP) is 1.51. The Bertz CT molecular complexity index is 370. The van der Waals surface area contributed by atoms with Crippen LogP contribution in [0.5, 0.6) is 0 Å². The minimum atomic E-state index is -4.38. The summed E-state index contributed by atoms with van der Waals surface area (Å²) in [6.45, 7) is -1.40. The summed E-state index contributed by atoms with van der Waals surface area (Å²) in [6, 6.07) is -0.540. The second-order valence-corrected chi connectivity index (χ2v) is 5.20. The van der Waals surface area contributed by atoms with Gasteiger partial charge in [0.2, 0.25) is 0 Å². The number of aliphatic carboxylic acids is 1. The number of carboxylic acid groups (broad SMARTS) is 1. The monoisotopic (exact) mass is 312 g/mol. The van der Waals surface area contributed by atoms with Crippen LogP contribution in [0.2, 0.25) is 0 Å². The van der Waals surface area contributed by atoms with Crippen molar-refractivity contribution >= 4 is 12.0 Å². The van der Waals surface area contributed by atoms with Crippen molar-refractivity contribution in [1.29, 1.82) is 0 Å². The molecular formula is C12H19F3N2O4. The highest BCUT2D eigenvalue weighted by Gasteiger charge is 2.39. The second kappa shape index (κ2) is 7.48. The molecule has 1 rings (SSSR count). The number of hydrogen-bond donors (Lipinski definition) is 3. The molecule has 9 heteroatoms. The fourth-order valence-corrected chi connectivity index (χ4v) is 2.17. The molecule has 2 amide bonds. The number of amides is 2. The third-order valence-electron chi connectivity index (χ3n) is 3.36. The van der Waals surface area contributed by atoms with E-state index < -0.39 is 30.2 Å². The molecule has 6 nitrogen and oxygen atoms in total. The first-order valence-electron chi connectivity index (χ1n) is 6.60. The summed E-state index contributed by atoms with van der Waals surface area (Å²) >= 11 is 0. The summed E-state index contributed by atoms with van der Waals surface area (Å²) < 4.78 is 39.6. The van der Waals surface area contributed by atoms with Gasteiger partial charge in [0.05, 0.1) is 13.0 Å². The van der Waals surface area contributed by atoms with Crippen molar-refractivity contribution in [2.75, 3.05) is 26.3 Å². The van der Waals surface area contributed by atoms with Crippen LogP contribution in [0.15, 0.2) is 0 Å². The molecule has 1 aliphatic rings. The molecule has 1 aliphatic carbocycles. The van der Waals surface area contributed by atoms with Crippen LogP contribution in [-0.2, 0) is 9.53 Å². The quantitative estimate of drug-likeness (QED) is 0.593. The van der Waals surface area contributed by atoms with Gasteiger partial charge in [0.25, 0.3) is 0 Å². The minimum absolute atomic E-state index is 0.00196. The van der Waals surface area contributed by atoms with E-state index in [1.54, 1.807) is 0 Å². The average Bonchev–Trinajstić information content (AvgIpc) is 2.30. The summed E-state index contributed by atoms with van der Waals surface area (Å²) in [6.07, 6.45) is -1.96. The molecule has 1 fully saturated rings. The van der Waals surface area contributed by atoms with Crippen LogP contribution >= 0.6 is 0 Å². The number of halogens is 3. The maximum Gasteiger partial charge on any atom is 0.411 e. The van der Waals surface area contributed by atoms with Gasteiger partial charge in [0, 0.05) is 13.1 Å². The number of alkyl halides is 3. The SMILES string of the molecule is O=C(O)CC1(CNC(=O)NCCOCC(F)(F)F)CCC1. The van der Waals surface area contributed by atoms with E-state index in [2.05, 4.69) is 15.4 Å². The van der Waals surface area contributed by atoms with Gasteiger partial charge in [-0.05, 0) is 18.3 Å². The first kappa shape index (κ1) is 17.5. The summed E-state index contributed by atoms with van der Waals surface area (Å²) in [5.41, 5.74) is -0.393. The smallest absolute Gasteiger partial charge is 0.411 e. The van der Waals surface area contributed by atoms with Crippen LogP contribution in [0.3, 0.4) is 0 Å². The molecule has 0 bridgehead atoms. The Hall–Kier alpha value is -1.51. The molecule has 0 aromatic rings. The highest BCUT2D eigenvalue weighted by Crippen LogP contribution is 2.43. The Morgan fingerprint density at radius 1 is 1.24 bits per heavy atom. The lowest BCUT2D eigenvalue weighted by Gasteiger charge is -2.40. The molecular weight excluding hydrogens is 293 g/mol. The van der Waals surface area contributed by atoms with Gasteiger partial charge in [-0.25, -0.2) is 4.79 Å². The van der Waals surface area contributed by atoms with Crippen LogP contribution in [0.25, 0.3) is 0 Å². The Morgan fingerprint density at radius 2 is 1.90 bits per heavy atom. The first-order chi connectivity index (χ1) is 9.72. The molecule has 21 heavy (non-hydrogen) atoms.